The molecule has 4 nitrogen and oxygen atoms in total. The number of nitrogens with one attached hydrogen (secondary N) is 1. The van der Waals surface area contributed by atoms with Crippen LogP contribution in [-0.2, 0) is 6.61 Å². The van der Waals surface area contributed by atoms with E-state index in [0.717, 1.165) is 43.9 Å². The molecule has 0 fully saturated rings. The van der Waals surface area contributed by atoms with Gasteiger partial charge in [-0.15, -0.1) is 11.3 Å². The van der Waals surface area contributed by atoms with E-state index >= 15 is 0 Å². The van der Waals surface area contributed by atoms with Gasteiger partial charge in [-0.3, -0.25) is 5.43 Å². The van der Waals surface area contributed by atoms with Gasteiger partial charge in [0.15, 0.2) is 0 Å². The molecular weight excluding hydrogens is 390 g/mol. The zero-order chi connectivity index (χ0) is 20.8. The molecule has 0 saturated heterocycles. The highest BCUT2D eigenvalue weighted by atomic mass is 32.1. The number of rotatable bonds is 7. The van der Waals surface area contributed by atoms with Gasteiger partial charge in [0.25, 0.3) is 0 Å². The van der Waals surface area contributed by atoms with Gasteiger partial charge in [-0.1, -0.05) is 60.7 Å². The van der Waals surface area contributed by atoms with E-state index in [1.807, 2.05) is 67.6 Å². The Balaban J connectivity index is 1.39. The van der Waals surface area contributed by atoms with Crippen LogP contribution in [0.5, 0.6) is 5.75 Å². The number of hydrogen-bond donors (Lipinski definition) is 1. The van der Waals surface area contributed by atoms with Crippen molar-refractivity contribution in [3.63, 3.8) is 0 Å². The quantitative estimate of drug-likeness (QED) is 0.277. The average Bonchev–Trinajstić information content (AvgIpc) is 3.18. The lowest BCUT2D eigenvalue weighted by Gasteiger charge is -2.07. The Labute approximate surface area is 180 Å². The molecule has 4 aromatic rings. The Kier molecular flexibility index (Phi) is 6.20. The molecule has 5 heteroatoms. The van der Waals surface area contributed by atoms with Crippen LogP contribution in [0.4, 0.5) is 5.13 Å². The van der Waals surface area contributed by atoms with Crippen molar-refractivity contribution in [3.05, 3.63) is 101 Å². The van der Waals surface area contributed by atoms with Crippen LogP contribution in [0.1, 0.15) is 22.9 Å². The minimum atomic E-state index is 0.557. The number of aryl methyl sites for hydroxylation is 1. The van der Waals surface area contributed by atoms with Gasteiger partial charge in [-0.25, -0.2) is 4.98 Å². The summed E-state index contributed by atoms with van der Waals surface area (Å²) in [6.07, 6.45) is 0. The fraction of sp³-hybridized carbons (Fsp3) is 0.120. The molecule has 1 aromatic heterocycles. The summed E-state index contributed by atoms with van der Waals surface area (Å²) in [4.78, 5) is 5.86. The minimum absolute atomic E-state index is 0.557. The number of aromatic nitrogens is 1. The van der Waals surface area contributed by atoms with Crippen LogP contribution in [0.2, 0.25) is 0 Å². The Morgan fingerprint density at radius 3 is 2.30 bits per heavy atom. The maximum atomic E-state index is 5.85. The van der Waals surface area contributed by atoms with Gasteiger partial charge in [0.2, 0.25) is 5.13 Å². The summed E-state index contributed by atoms with van der Waals surface area (Å²) >= 11 is 1.60. The minimum Gasteiger partial charge on any atom is -0.489 e. The first-order valence-electron chi connectivity index (χ1n) is 9.79. The molecule has 0 bridgehead atoms. The zero-order valence-electron chi connectivity index (χ0n) is 17.0. The van der Waals surface area contributed by atoms with Gasteiger partial charge in [0.05, 0.1) is 11.4 Å². The molecule has 0 radical (unpaired) electrons. The molecule has 150 valence electrons. The SMILES string of the molecule is C/C(=N\Nc1nc(-c2ccccc2)c(C)s1)c1ccc(OCc2ccccc2)cc1. The standard InChI is InChI=1S/C25H23N3OS/c1-18(21-13-15-23(16-14-21)29-17-20-9-5-3-6-10-20)27-28-25-26-24(19(2)30-25)22-11-7-4-8-12-22/h3-16H,17H2,1-2H3,(H,26,28)/b27-18+. The zero-order valence-corrected chi connectivity index (χ0v) is 17.8. The van der Waals surface area contributed by atoms with Crippen LogP contribution in [0.15, 0.2) is 90.0 Å². The van der Waals surface area contributed by atoms with Gasteiger partial charge in [-0.2, -0.15) is 5.10 Å². The topological polar surface area (TPSA) is 46.5 Å². The lowest BCUT2D eigenvalue weighted by molar-refractivity contribution is 0.306. The molecule has 0 saturated carbocycles. The van der Waals surface area contributed by atoms with Crippen LogP contribution in [0.3, 0.4) is 0 Å². The molecule has 1 N–H and O–H groups in total. The van der Waals surface area contributed by atoms with Gasteiger partial charge in [0.1, 0.15) is 12.4 Å². The maximum Gasteiger partial charge on any atom is 0.204 e. The van der Waals surface area contributed by atoms with E-state index < -0.39 is 0 Å². The summed E-state index contributed by atoms with van der Waals surface area (Å²) in [5.74, 6) is 0.839. The van der Waals surface area contributed by atoms with Crippen LogP contribution < -0.4 is 10.2 Å². The van der Waals surface area contributed by atoms with E-state index in [1.54, 1.807) is 11.3 Å². The lowest BCUT2D eigenvalue weighted by atomic mass is 10.1. The molecule has 0 amide bonds. The third kappa shape index (κ3) is 4.93. The molecule has 0 aliphatic heterocycles. The highest BCUT2D eigenvalue weighted by Gasteiger charge is 2.09. The number of hydrogen-bond acceptors (Lipinski definition) is 5. The van der Waals surface area contributed by atoms with Crippen molar-refractivity contribution in [1.82, 2.24) is 4.98 Å². The second-order valence-corrected chi connectivity index (χ2v) is 8.10. The summed E-state index contributed by atoms with van der Waals surface area (Å²) in [7, 11) is 0. The van der Waals surface area contributed by atoms with Gasteiger partial charge >= 0.3 is 0 Å². The first kappa shape index (κ1) is 19.9. The molecule has 0 atom stereocenters. The summed E-state index contributed by atoms with van der Waals surface area (Å²) < 4.78 is 5.85. The van der Waals surface area contributed by atoms with Crippen LogP contribution >= 0.6 is 11.3 Å². The van der Waals surface area contributed by atoms with Crippen molar-refractivity contribution in [2.45, 2.75) is 20.5 Å². The Hall–Kier alpha value is -3.44. The van der Waals surface area contributed by atoms with Crippen LogP contribution in [0.25, 0.3) is 11.3 Å². The van der Waals surface area contributed by atoms with E-state index in [1.165, 1.54) is 0 Å². The van der Waals surface area contributed by atoms with Gasteiger partial charge in [-0.05, 0) is 49.2 Å². The van der Waals surface area contributed by atoms with E-state index in [9.17, 15) is 0 Å². The van der Waals surface area contributed by atoms with Crippen molar-refractivity contribution in [3.8, 4) is 17.0 Å². The fourth-order valence-corrected chi connectivity index (χ4v) is 3.82. The second-order valence-electron chi connectivity index (χ2n) is 6.90. The summed E-state index contributed by atoms with van der Waals surface area (Å²) in [5.41, 5.74) is 8.28. The fourth-order valence-electron chi connectivity index (χ4n) is 3.04. The second kappa shape index (κ2) is 9.37. The van der Waals surface area contributed by atoms with Crippen molar-refractivity contribution >= 4 is 22.2 Å². The van der Waals surface area contributed by atoms with Crippen molar-refractivity contribution < 1.29 is 4.74 Å². The maximum absolute atomic E-state index is 5.85. The van der Waals surface area contributed by atoms with Gasteiger partial charge in [0, 0.05) is 10.4 Å². The highest BCUT2D eigenvalue weighted by molar-refractivity contribution is 7.16. The first-order chi connectivity index (χ1) is 14.7. The highest BCUT2D eigenvalue weighted by Crippen LogP contribution is 2.30. The van der Waals surface area contributed by atoms with E-state index in [0.29, 0.717) is 6.61 Å². The Bertz CT molecular complexity index is 1120. The summed E-state index contributed by atoms with van der Waals surface area (Å²) in [5, 5.41) is 5.30. The number of hydrazone groups is 1. The molecular formula is C25H23N3OS. The Morgan fingerprint density at radius 2 is 1.60 bits per heavy atom. The molecule has 30 heavy (non-hydrogen) atoms. The van der Waals surface area contributed by atoms with Crippen molar-refractivity contribution in [1.29, 1.82) is 0 Å². The predicted octanol–water partition coefficient (Wildman–Crippen LogP) is 6.53. The average molecular weight is 414 g/mol. The van der Waals surface area contributed by atoms with E-state index in [4.69, 9.17) is 9.72 Å². The first-order valence-corrected chi connectivity index (χ1v) is 10.6. The molecule has 4 rings (SSSR count). The lowest BCUT2D eigenvalue weighted by Crippen LogP contribution is -2.00. The summed E-state index contributed by atoms with van der Waals surface area (Å²) in [6.45, 7) is 4.61. The van der Waals surface area contributed by atoms with Gasteiger partial charge < -0.3 is 4.74 Å². The normalized spacial score (nSPS) is 11.3. The third-order valence-corrected chi connectivity index (χ3v) is 5.56. The number of nitrogens with zero attached hydrogens (tertiary/aromatic N) is 2. The molecule has 0 aliphatic rings. The largest absolute Gasteiger partial charge is 0.489 e. The van der Waals surface area contributed by atoms with E-state index in [-0.39, 0.29) is 0 Å². The van der Waals surface area contributed by atoms with E-state index in [2.05, 4.69) is 41.7 Å². The van der Waals surface area contributed by atoms with Crippen molar-refractivity contribution in [2.75, 3.05) is 5.43 Å². The summed E-state index contributed by atoms with van der Waals surface area (Å²) in [6, 6.07) is 28.3. The van der Waals surface area contributed by atoms with Crippen molar-refractivity contribution in [2.24, 2.45) is 5.10 Å². The molecule has 0 spiro atoms. The molecule has 3 aromatic carbocycles. The number of thiazole rings is 1. The van der Waals surface area contributed by atoms with Crippen LogP contribution in [-0.4, -0.2) is 10.7 Å². The predicted molar refractivity (Wildman–Crippen MR) is 125 cm³/mol. The molecule has 0 unspecified atom stereocenters. The van der Waals surface area contributed by atoms with Crippen LogP contribution in [0, 0.1) is 6.92 Å². The molecule has 0 aliphatic carbocycles. The smallest absolute Gasteiger partial charge is 0.204 e. The third-order valence-electron chi connectivity index (χ3n) is 4.68. The number of ether oxygens (including phenoxy) is 1. The Morgan fingerprint density at radius 1 is 0.933 bits per heavy atom. The number of benzene rings is 3. The monoisotopic (exact) mass is 413 g/mol. The number of anilines is 1. The molecule has 1 heterocycles.